The van der Waals surface area contributed by atoms with Crippen LogP contribution in [0.4, 0.5) is 0 Å². The van der Waals surface area contributed by atoms with Gasteiger partial charge in [0, 0.05) is 13.0 Å². The van der Waals surface area contributed by atoms with Gasteiger partial charge < -0.3 is 11.1 Å². The molecule has 0 unspecified atom stereocenters. The summed E-state index contributed by atoms with van der Waals surface area (Å²) in [4.78, 5) is 11.4. The third-order valence-corrected chi connectivity index (χ3v) is 4.62. The molecule has 3 heteroatoms. The van der Waals surface area contributed by atoms with Crippen molar-refractivity contribution in [2.45, 2.75) is 110 Å². The lowest BCUT2D eigenvalue weighted by Crippen LogP contribution is -2.24. The SMILES string of the molecule is CCCCCCCC/C=C\CCCCCCCCNC(=O)CCCN. The molecule has 0 aliphatic carbocycles. The second kappa shape index (κ2) is 21.2. The first kappa shape index (κ1) is 24.2. The Labute approximate surface area is 157 Å². The van der Waals surface area contributed by atoms with Gasteiger partial charge in [-0.05, 0) is 45.1 Å². The zero-order valence-corrected chi connectivity index (χ0v) is 16.9. The molecule has 0 atom stereocenters. The molecule has 0 aliphatic heterocycles. The van der Waals surface area contributed by atoms with E-state index in [0.717, 1.165) is 19.4 Å². The van der Waals surface area contributed by atoms with Crippen molar-refractivity contribution < 1.29 is 4.79 Å². The normalized spacial score (nSPS) is 11.3. The van der Waals surface area contributed by atoms with Crippen LogP contribution >= 0.6 is 0 Å². The van der Waals surface area contributed by atoms with Crippen LogP contribution in [0.5, 0.6) is 0 Å². The summed E-state index contributed by atoms with van der Waals surface area (Å²) in [6.07, 6.45) is 24.6. The van der Waals surface area contributed by atoms with E-state index in [1.165, 1.54) is 83.5 Å². The molecule has 0 aromatic rings. The molecule has 0 aromatic heterocycles. The highest BCUT2D eigenvalue weighted by Crippen LogP contribution is 2.09. The van der Waals surface area contributed by atoms with E-state index >= 15 is 0 Å². The van der Waals surface area contributed by atoms with Gasteiger partial charge in [0.15, 0.2) is 0 Å². The molecule has 0 saturated heterocycles. The van der Waals surface area contributed by atoms with Crippen molar-refractivity contribution >= 4 is 5.91 Å². The fraction of sp³-hybridized carbons (Fsp3) is 0.864. The Morgan fingerprint density at radius 2 is 1.28 bits per heavy atom. The van der Waals surface area contributed by atoms with Gasteiger partial charge in [-0.3, -0.25) is 4.79 Å². The van der Waals surface area contributed by atoms with Gasteiger partial charge in [-0.15, -0.1) is 0 Å². The summed E-state index contributed by atoms with van der Waals surface area (Å²) in [7, 11) is 0. The monoisotopic (exact) mass is 352 g/mol. The first-order chi connectivity index (χ1) is 12.3. The van der Waals surface area contributed by atoms with Gasteiger partial charge in [-0.1, -0.05) is 76.9 Å². The van der Waals surface area contributed by atoms with E-state index in [1.54, 1.807) is 0 Å². The van der Waals surface area contributed by atoms with Crippen molar-refractivity contribution in [3.8, 4) is 0 Å². The smallest absolute Gasteiger partial charge is 0.220 e. The summed E-state index contributed by atoms with van der Waals surface area (Å²) in [5.74, 6) is 0.151. The van der Waals surface area contributed by atoms with Gasteiger partial charge in [0.1, 0.15) is 0 Å². The Hall–Kier alpha value is -0.830. The number of hydrogen-bond acceptors (Lipinski definition) is 2. The summed E-state index contributed by atoms with van der Waals surface area (Å²) in [5, 5.41) is 2.96. The fourth-order valence-corrected chi connectivity index (χ4v) is 2.95. The van der Waals surface area contributed by atoms with Crippen LogP contribution in [0.1, 0.15) is 110 Å². The Morgan fingerprint density at radius 1 is 0.760 bits per heavy atom. The lowest BCUT2D eigenvalue weighted by Gasteiger charge is -2.04. The Kier molecular flexibility index (Phi) is 20.5. The molecule has 0 aliphatic rings. The van der Waals surface area contributed by atoms with Gasteiger partial charge in [0.25, 0.3) is 0 Å². The first-order valence-electron chi connectivity index (χ1n) is 10.9. The standard InChI is InChI=1S/C22H44N2O/c1-2-3-4-5-6-7-8-9-10-11-12-13-14-15-16-17-21-24-22(25)19-18-20-23/h9-10H,2-8,11-21,23H2,1H3,(H,24,25)/b10-9-. The van der Waals surface area contributed by atoms with Crippen molar-refractivity contribution in [3.05, 3.63) is 12.2 Å². The van der Waals surface area contributed by atoms with Crippen molar-refractivity contribution in [3.63, 3.8) is 0 Å². The summed E-state index contributed by atoms with van der Waals surface area (Å²) in [6, 6.07) is 0. The van der Waals surface area contributed by atoms with E-state index in [9.17, 15) is 4.79 Å². The lowest BCUT2D eigenvalue weighted by molar-refractivity contribution is -0.121. The van der Waals surface area contributed by atoms with E-state index in [0.29, 0.717) is 13.0 Å². The third kappa shape index (κ3) is 21.1. The molecule has 148 valence electrons. The van der Waals surface area contributed by atoms with Crippen LogP contribution in [0, 0.1) is 0 Å². The van der Waals surface area contributed by atoms with Gasteiger partial charge in [0.05, 0.1) is 0 Å². The van der Waals surface area contributed by atoms with Crippen molar-refractivity contribution in [1.82, 2.24) is 5.32 Å². The average molecular weight is 353 g/mol. The molecule has 3 N–H and O–H groups in total. The Balaban J connectivity index is 3.13. The second-order valence-electron chi connectivity index (χ2n) is 7.18. The minimum Gasteiger partial charge on any atom is -0.356 e. The summed E-state index contributed by atoms with van der Waals surface area (Å²) in [6.45, 7) is 3.69. The highest BCUT2D eigenvalue weighted by Gasteiger charge is 1.98. The van der Waals surface area contributed by atoms with Crippen LogP contribution in [-0.2, 0) is 4.79 Å². The Morgan fingerprint density at radius 3 is 1.84 bits per heavy atom. The number of hydrogen-bond donors (Lipinski definition) is 2. The molecule has 0 aromatic carbocycles. The number of rotatable bonds is 19. The van der Waals surface area contributed by atoms with Crippen LogP contribution in [0.3, 0.4) is 0 Å². The van der Waals surface area contributed by atoms with Crippen molar-refractivity contribution in [1.29, 1.82) is 0 Å². The molecule has 0 rings (SSSR count). The van der Waals surface area contributed by atoms with E-state index < -0.39 is 0 Å². The summed E-state index contributed by atoms with van der Waals surface area (Å²) < 4.78 is 0. The zero-order valence-electron chi connectivity index (χ0n) is 16.9. The van der Waals surface area contributed by atoms with Crippen LogP contribution < -0.4 is 11.1 Å². The number of nitrogens with two attached hydrogens (primary N) is 1. The number of allylic oxidation sites excluding steroid dienone is 2. The number of amides is 1. The molecular weight excluding hydrogens is 308 g/mol. The molecule has 0 saturated carbocycles. The maximum Gasteiger partial charge on any atom is 0.220 e. The van der Waals surface area contributed by atoms with E-state index in [-0.39, 0.29) is 5.91 Å². The van der Waals surface area contributed by atoms with Crippen molar-refractivity contribution in [2.75, 3.05) is 13.1 Å². The predicted octanol–water partition coefficient (Wildman–Crippen LogP) is 5.88. The summed E-state index contributed by atoms with van der Waals surface area (Å²) in [5.41, 5.74) is 5.39. The first-order valence-corrected chi connectivity index (χ1v) is 10.9. The highest BCUT2D eigenvalue weighted by molar-refractivity contribution is 5.75. The highest BCUT2D eigenvalue weighted by atomic mass is 16.1. The molecular formula is C22H44N2O. The van der Waals surface area contributed by atoms with Crippen LogP contribution in [0.25, 0.3) is 0 Å². The van der Waals surface area contributed by atoms with Crippen molar-refractivity contribution in [2.24, 2.45) is 5.73 Å². The van der Waals surface area contributed by atoms with E-state index in [1.807, 2.05) is 0 Å². The minimum atomic E-state index is 0.151. The van der Waals surface area contributed by atoms with Crippen LogP contribution in [0.2, 0.25) is 0 Å². The fourth-order valence-electron chi connectivity index (χ4n) is 2.95. The number of carbonyl (C=O) groups is 1. The molecule has 0 heterocycles. The lowest BCUT2D eigenvalue weighted by atomic mass is 10.1. The molecule has 0 spiro atoms. The Bertz CT molecular complexity index is 302. The maximum atomic E-state index is 11.4. The second-order valence-corrected chi connectivity index (χ2v) is 7.18. The number of carbonyl (C=O) groups excluding carboxylic acids is 1. The molecule has 25 heavy (non-hydrogen) atoms. The topological polar surface area (TPSA) is 55.1 Å². The summed E-state index contributed by atoms with van der Waals surface area (Å²) >= 11 is 0. The third-order valence-electron chi connectivity index (χ3n) is 4.62. The predicted molar refractivity (Wildman–Crippen MR) is 111 cm³/mol. The van der Waals surface area contributed by atoms with Gasteiger partial charge in [-0.2, -0.15) is 0 Å². The minimum absolute atomic E-state index is 0.151. The van der Waals surface area contributed by atoms with Gasteiger partial charge in [0.2, 0.25) is 5.91 Å². The van der Waals surface area contributed by atoms with E-state index in [2.05, 4.69) is 24.4 Å². The average Bonchev–Trinajstić information content (AvgIpc) is 2.62. The largest absolute Gasteiger partial charge is 0.356 e. The molecule has 0 bridgehead atoms. The molecule has 3 nitrogen and oxygen atoms in total. The van der Waals surface area contributed by atoms with Crippen LogP contribution in [-0.4, -0.2) is 19.0 Å². The van der Waals surface area contributed by atoms with Gasteiger partial charge in [-0.25, -0.2) is 0 Å². The quantitative estimate of drug-likeness (QED) is 0.225. The molecule has 0 radical (unpaired) electrons. The number of unbranched alkanes of at least 4 members (excludes halogenated alkanes) is 12. The van der Waals surface area contributed by atoms with Gasteiger partial charge >= 0.3 is 0 Å². The molecule has 0 fully saturated rings. The zero-order chi connectivity index (χ0) is 18.4. The maximum absolute atomic E-state index is 11.4. The number of nitrogens with one attached hydrogen (secondary N) is 1. The molecule has 1 amide bonds. The van der Waals surface area contributed by atoms with Crippen LogP contribution in [0.15, 0.2) is 12.2 Å². The van der Waals surface area contributed by atoms with E-state index in [4.69, 9.17) is 5.73 Å².